The fourth-order valence-corrected chi connectivity index (χ4v) is 8.79. The van der Waals surface area contributed by atoms with Crippen molar-refractivity contribution in [1.82, 2.24) is 4.90 Å². The smallest absolute Gasteiger partial charge is 0.261 e. The van der Waals surface area contributed by atoms with Crippen LogP contribution in [0.4, 0.5) is 0 Å². The van der Waals surface area contributed by atoms with E-state index in [0.29, 0.717) is 23.8 Å². The van der Waals surface area contributed by atoms with Gasteiger partial charge in [-0.1, -0.05) is 66.7 Å². The van der Waals surface area contributed by atoms with Crippen molar-refractivity contribution >= 4 is 35.0 Å². The van der Waals surface area contributed by atoms with E-state index in [1.54, 1.807) is 12.1 Å². The lowest BCUT2D eigenvalue weighted by Gasteiger charge is -2.29. The number of rotatable bonds is 6. The zero-order valence-corrected chi connectivity index (χ0v) is 19.6. The van der Waals surface area contributed by atoms with E-state index in [2.05, 4.69) is 72.8 Å². The molecule has 0 radical (unpaired) electrons. The molecule has 0 N–H and O–H groups in total. The third kappa shape index (κ3) is 3.99. The molecule has 0 atom stereocenters. The monoisotopic (exact) mass is 471 g/mol. The Morgan fingerprint density at radius 2 is 0.848 bits per heavy atom. The van der Waals surface area contributed by atoms with E-state index in [9.17, 15) is 9.59 Å². The molecule has 5 rings (SSSR count). The highest BCUT2D eigenvalue weighted by Crippen LogP contribution is 2.55. The van der Waals surface area contributed by atoms with Crippen molar-refractivity contribution in [1.29, 1.82) is 0 Å². The maximum Gasteiger partial charge on any atom is 0.261 e. The van der Waals surface area contributed by atoms with Gasteiger partial charge in [0.1, 0.15) is 23.2 Å². The number of nitrogens with zero attached hydrogens (tertiary/aromatic N) is 1. The third-order valence-corrected chi connectivity index (χ3v) is 10.5. The first-order valence-corrected chi connectivity index (χ1v) is 12.7. The standard InChI is InChI=1S/C28H23NO2P.ClH/c30-27-25-18-10-11-19-26(25)28(31)29(27)20-21-32(22-12-4-1-5-13-22,23-14-6-2-7-15-23)24-16-8-3-9-17-24;/h1-19H,20-21H2;1H/q+1;/p-1. The predicted molar refractivity (Wildman–Crippen MR) is 132 cm³/mol. The van der Waals surface area contributed by atoms with Gasteiger partial charge in [-0.15, -0.1) is 0 Å². The molecule has 2 amide bonds. The second-order valence-corrected chi connectivity index (χ2v) is 11.5. The SMILES string of the molecule is O=C1c2ccccc2C(=O)N1CC[P+](c1ccccc1)(c1ccccc1)c1ccccc1.[Cl-]. The van der Waals surface area contributed by atoms with E-state index in [-0.39, 0.29) is 24.2 Å². The van der Waals surface area contributed by atoms with Crippen LogP contribution in [0, 0.1) is 0 Å². The van der Waals surface area contributed by atoms with Gasteiger partial charge in [0.25, 0.3) is 11.8 Å². The zero-order chi connectivity index (χ0) is 22.0. The molecule has 0 saturated carbocycles. The minimum Gasteiger partial charge on any atom is -1.00 e. The van der Waals surface area contributed by atoms with Crippen molar-refractivity contribution in [2.45, 2.75) is 0 Å². The molecule has 3 nitrogen and oxygen atoms in total. The Hall–Kier alpha value is -3.26. The van der Waals surface area contributed by atoms with Crippen LogP contribution >= 0.6 is 7.26 Å². The third-order valence-electron chi connectivity index (χ3n) is 6.13. The first kappa shape index (κ1) is 22.9. The summed E-state index contributed by atoms with van der Waals surface area (Å²) in [5.41, 5.74) is 1.00. The summed E-state index contributed by atoms with van der Waals surface area (Å²) in [6.45, 7) is 0.374. The topological polar surface area (TPSA) is 37.4 Å². The van der Waals surface area contributed by atoms with Crippen molar-refractivity contribution in [2.24, 2.45) is 0 Å². The van der Waals surface area contributed by atoms with Gasteiger partial charge in [-0.25, -0.2) is 0 Å². The molecule has 1 heterocycles. The summed E-state index contributed by atoms with van der Waals surface area (Å²) in [6, 6.07) is 38.6. The zero-order valence-electron chi connectivity index (χ0n) is 18.0. The minimum absolute atomic E-state index is 0. The first-order chi connectivity index (χ1) is 15.7. The van der Waals surface area contributed by atoms with Gasteiger partial charge in [0, 0.05) is 0 Å². The number of carbonyl (C=O) groups excluding carboxylic acids is 2. The molecule has 0 aliphatic carbocycles. The van der Waals surface area contributed by atoms with E-state index < -0.39 is 7.26 Å². The Morgan fingerprint density at radius 1 is 0.515 bits per heavy atom. The van der Waals surface area contributed by atoms with Crippen LogP contribution in [0.3, 0.4) is 0 Å². The Labute approximate surface area is 200 Å². The molecule has 164 valence electrons. The molecule has 33 heavy (non-hydrogen) atoms. The number of halogens is 1. The van der Waals surface area contributed by atoms with E-state index in [1.807, 2.05) is 30.3 Å². The molecule has 0 spiro atoms. The average Bonchev–Trinajstić information content (AvgIpc) is 3.11. The maximum atomic E-state index is 13.1. The minimum atomic E-state index is -2.10. The second-order valence-electron chi connectivity index (χ2n) is 7.85. The van der Waals surface area contributed by atoms with Crippen LogP contribution in [0.25, 0.3) is 0 Å². The van der Waals surface area contributed by atoms with Gasteiger partial charge in [-0.05, 0) is 48.5 Å². The van der Waals surface area contributed by atoms with Crippen molar-refractivity contribution in [3.05, 3.63) is 126 Å². The average molecular weight is 472 g/mol. The molecule has 0 aromatic heterocycles. The molecule has 5 heteroatoms. The molecule has 0 unspecified atom stereocenters. The summed E-state index contributed by atoms with van der Waals surface area (Å²) in [6.07, 6.45) is 0.691. The van der Waals surface area contributed by atoms with E-state index >= 15 is 0 Å². The molecular formula is C28H23ClNO2P. The number of hydrogen-bond donors (Lipinski definition) is 0. The van der Waals surface area contributed by atoms with Gasteiger partial charge < -0.3 is 12.4 Å². The van der Waals surface area contributed by atoms with Crippen molar-refractivity contribution in [3.8, 4) is 0 Å². The Kier molecular flexibility index (Phi) is 6.74. The summed E-state index contributed by atoms with van der Waals surface area (Å²) < 4.78 is 0. The van der Waals surface area contributed by atoms with Crippen LogP contribution in [-0.2, 0) is 0 Å². The van der Waals surface area contributed by atoms with Gasteiger partial charge in [0.15, 0.2) is 0 Å². The molecule has 1 aliphatic heterocycles. The van der Waals surface area contributed by atoms with Crippen LogP contribution in [0.1, 0.15) is 20.7 Å². The van der Waals surface area contributed by atoms with E-state index in [0.717, 1.165) is 0 Å². The molecule has 4 aromatic rings. The van der Waals surface area contributed by atoms with Crippen LogP contribution in [0.5, 0.6) is 0 Å². The first-order valence-electron chi connectivity index (χ1n) is 10.7. The molecule has 4 aromatic carbocycles. The number of amides is 2. The Balaban J connectivity index is 0.00000259. The fourth-order valence-electron chi connectivity index (χ4n) is 4.57. The summed E-state index contributed by atoms with van der Waals surface area (Å²) in [5, 5.41) is 3.73. The summed E-state index contributed by atoms with van der Waals surface area (Å²) in [7, 11) is -2.10. The molecule has 1 aliphatic rings. The number of imide groups is 1. The number of carbonyl (C=O) groups is 2. The summed E-state index contributed by atoms with van der Waals surface area (Å²) in [4.78, 5) is 27.5. The van der Waals surface area contributed by atoms with E-state index in [4.69, 9.17) is 0 Å². The highest BCUT2D eigenvalue weighted by atomic mass is 35.5. The van der Waals surface area contributed by atoms with Crippen molar-refractivity contribution in [3.63, 3.8) is 0 Å². The van der Waals surface area contributed by atoms with Gasteiger partial charge in [-0.2, -0.15) is 0 Å². The Morgan fingerprint density at radius 3 is 1.21 bits per heavy atom. The lowest BCUT2D eigenvalue weighted by molar-refractivity contribution is -0.0000293. The summed E-state index contributed by atoms with van der Waals surface area (Å²) in [5.74, 6) is -0.393. The summed E-state index contributed by atoms with van der Waals surface area (Å²) >= 11 is 0. The van der Waals surface area contributed by atoms with Gasteiger partial charge in [0.2, 0.25) is 0 Å². The van der Waals surface area contributed by atoms with Crippen LogP contribution in [0.2, 0.25) is 0 Å². The van der Waals surface area contributed by atoms with Crippen molar-refractivity contribution in [2.75, 3.05) is 12.7 Å². The lowest BCUT2D eigenvalue weighted by atomic mass is 10.1. The highest BCUT2D eigenvalue weighted by Gasteiger charge is 2.47. The van der Waals surface area contributed by atoms with Crippen LogP contribution in [-0.4, -0.2) is 29.4 Å². The second kappa shape index (κ2) is 9.70. The normalized spacial score (nSPS) is 12.9. The highest BCUT2D eigenvalue weighted by molar-refractivity contribution is 7.95. The molecule has 0 bridgehead atoms. The fraction of sp³-hybridized carbons (Fsp3) is 0.0714. The Bertz CT molecular complexity index is 1130. The number of hydrogen-bond acceptors (Lipinski definition) is 2. The van der Waals surface area contributed by atoms with Crippen LogP contribution < -0.4 is 28.3 Å². The lowest BCUT2D eigenvalue weighted by Crippen LogP contribution is -3.00. The molecular weight excluding hydrogens is 449 g/mol. The number of fused-ring (bicyclic) bond motifs is 1. The van der Waals surface area contributed by atoms with Crippen molar-refractivity contribution < 1.29 is 22.0 Å². The molecule has 0 saturated heterocycles. The predicted octanol–water partition coefficient (Wildman–Crippen LogP) is 1.28. The van der Waals surface area contributed by atoms with Gasteiger partial charge >= 0.3 is 0 Å². The quantitative estimate of drug-likeness (QED) is 0.314. The van der Waals surface area contributed by atoms with E-state index in [1.165, 1.54) is 20.8 Å². The van der Waals surface area contributed by atoms with Gasteiger partial charge in [0.05, 0.1) is 23.8 Å². The maximum absolute atomic E-state index is 13.1. The van der Waals surface area contributed by atoms with Gasteiger partial charge in [-0.3, -0.25) is 14.5 Å². The van der Waals surface area contributed by atoms with Crippen LogP contribution in [0.15, 0.2) is 115 Å². The number of benzene rings is 4. The molecule has 0 fully saturated rings. The largest absolute Gasteiger partial charge is 1.00 e.